The number of anilines is 1. The van der Waals surface area contributed by atoms with E-state index in [0.717, 1.165) is 17.7 Å². The van der Waals surface area contributed by atoms with Gasteiger partial charge in [-0.25, -0.2) is 8.78 Å². The molecule has 4 aromatic rings. The number of ether oxygens (including phenoxy) is 1. The normalized spacial score (nSPS) is 10.9. The van der Waals surface area contributed by atoms with Crippen molar-refractivity contribution in [3.63, 3.8) is 0 Å². The van der Waals surface area contributed by atoms with E-state index in [1.165, 1.54) is 16.8 Å². The monoisotopic (exact) mass is 458 g/mol. The second kappa shape index (κ2) is 9.19. The first-order chi connectivity index (χ1) is 15.4. The van der Waals surface area contributed by atoms with Crippen molar-refractivity contribution in [1.29, 1.82) is 0 Å². The number of hydrogen-bond donors (Lipinski definition) is 1. The molecule has 0 aliphatic carbocycles. The summed E-state index contributed by atoms with van der Waals surface area (Å²) in [4.78, 5) is 12.2. The van der Waals surface area contributed by atoms with Gasteiger partial charge in [0.1, 0.15) is 41.0 Å². The van der Waals surface area contributed by atoms with Gasteiger partial charge in [0.25, 0.3) is 5.91 Å². The molecular formula is C22H17ClF2N4O3. The number of hydrogen-bond acceptors (Lipinski definition) is 5. The Morgan fingerprint density at radius 3 is 2.69 bits per heavy atom. The van der Waals surface area contributed by atoms with Crippen LogP contribution in [0.1, 0.15) is 27.4 Å². The molecule has 1 N–H and O–H groups in total. The fourth-order valence-electron chi connectivity index (χ4n) is 2.99. The Morgan fingerprint density at radius 2 is 1.97 bits per heavy atom. The van der Waals surface area contributed by atoms with Crippen LogP contribution in [0.3, 0.4) is 0 Å². The number of halogens is 3. The number of benzene rings is 2. The second-order valence-electron chi connectivity index (χ2n) is 6.92. The molecule has 7 nitrogen and oxygen atoms in total. The Hall–Kier alpha value is -3.72. The van der Waals surface area contributed by atoms with Gasteiger partial charge in [-0.05, 0) is 42.8 Å². The number of carbonyl (C=O) groups excluding carboxylic acids is 1. The third-order valence-corrected chi connectivity index (χ3v) is 4.85. The molecule has 2 aromatic carbocycles. The zero-order chi connectivity index (χ0) is 22.7. The van der Waals surface area contributed by atoms with E-state index in [2.05, 4.69) is 15.6 Å². The quantitative estimate of drug-likeness (QED) is 0.422. The number of carbonyl (C=O) groups is 1. The maximum absolute atomic E-state index is 13.8. The van der Waals surface area contributed by atoms with Gasteiger partial charge in [-0.15, -0.1) is 0 Å². The van der Waals surface area contributed by atoms with E-state index in [1.54, 1.807) is 37.4 Å². The first kappa shape index (κ1) is 21.5. The molecule has 2 aromatic heterocycles. The topological polar surface area (TPSA) is 82.2 Å². The molecular weight excluding hydrogens is 442 g/mol. The zero-order valence-corrected chi connectivity index (χ0v) is 17.6. The summed E-state index contributed by atoms with van der Waals surface area (Å²) in [6.07, 6.45) is 1.61. The Balaban J connectivity index is 1.43. The Kier molecular flexibility index (Phi) is 6.18. The highest BCUT2D eigenvalue weighted by molar-refractivity contribution is 6.31. The predicted molar refractivity (Wildman–Crippen MR) is 113 cm³/mol. The highest BCUT2D eigenvalue weighted by atomic mass is 35.5. The maximum Gasteiger partial charge on any atom is 0.262 e. The number of nitrogens with one attached hydrogen (secondary N) is 1. The Morgan fingerprint density at radius 1 is 1.19 bits per heavy atom. The lowest BCUT2D eigenvalue weighted by Gasteiger charge is -2.09. The average molecular weight is 459 g/mol. The van der Waals surface area contributed by atoms with Crippen LogP contribution in [0.15, 0.2) is 59.3 Å². The highest BCUT2D eigenvalue weighted by Crippen LogP contribution is 2.24. The van der Waals surface area contributed by atoms with Gasteiger partial charge in [-0.2, -0.15) is 5.10 Å². The van der Waals surface area contributed by atoms with Gasteiger partial charge in [0.2, 0.25) is 0 Å². The van der Waals surface area contributed by atoms with Crippen molar-refractivity contribution in [2.24, 2.45) is 0 Å². The van der Waals surface area contributed by atoms with E-state index < -0.39 is 23.1 Å². The Labute approximate surface area is 186 Å². The van der Waals surface area contributed by atoms with Crippen molar-refractivity contribution in [2.45, 2.75) is 20.1 Å². The molecule has 164 valence electrons. The lowest BCUT2D eigenvalue weighted by Crippen LogP contribution is -2.16. The number of aromatic nitrogens is 3. The molecule has 0 bridgehead atoms. The molecule has 0 unspecified atom stereocenters. The number of aryl methyl sites for hydroxylation is 1. The molecule has 0 saturated carbocycles. The summed E-state index contributed by atoms with van der Waals surface area (Å²) in [7, 11) is 0. The van der Waals surface area contributed by atoms with E-state index in [1.807, 2.05) is 0 Å². The van der Waals surface area contributed by atoms with E-state index in [0.29, 0.717) is 22.2 Å². The molecule has 0 aliphatic rings. The summed E-state index contributed by atoms with van der Waals surface area (Å²) in [5, 5.41) is 11.0. The van der Waals surface area contributed by atoms with Crippen LogP contribution in [0.4, 0.5) is 14.6 Å². The minimum Gasteiger partial charge on any atom is -0.487 e. The van der Waals surface area contributed by atoms with Crippen molar-refractivity contribution in [1.82, 2.24) is 14.9 Å². The molecule has 0 radical (unpaired) electrons. The van der Waals surface area contributed by atoms with E-state index in [9.17, 15) is 13.6 Å². The van der Waals surface area contributed by atoms with Crippen LogP contribution in [0.25, 0.3) is 0 Å². The molecule has 2 heterocycles. The van der Waals surface area contributed by atoms with Crippen molar-refractivity contribution < 1.29 is 22.8 Å². The fraction of sp³-hybridized carbons (Fsp3) is 0.136. The minimum absolute atomic E-state index is 0.141. The van der Waals surface area contributed by atoms with Crippen LogP contribution >= 0.6 is 11.6 Å². The van der Waals surface area contributed by atoms with Gasteiger partial charge in [-0.3, -0.25) is 9.48 Å². The van der Waals surface area contributed by atoms with Gasteiger partial charge < -0.3 is 14.6 Å². The first-order valence-corrected chi connectivity index (χ1v) is 9.89. The van der Waals surface area contributed by atoms with E-state index in [-0.39, 0.29) is 19.0 Å². The Bertz CT molecular complexity index is 1250. The van der Waals surface area contributed by atoms with Crippen molar-refractivity contribution in [3.8, 4) is 5.75 Å². The molecule has 0 saturated heterocycles. The lowest BCUT2D eigenvalue weighted by atomic mass is 10.2. The lowest BCUT2D eigenvalue weighted by molar-refractivity contribution is 0.101. The van der Waals surface area contributed by atoms with Gasteiger partial charge in [-0.1, -0.05) is 22.8 Å². The van der Waals surface area contributed by atoms with Crippen LogP contribution in [0, 0.1) is 18.6 Å². The summed E-state index contributed by atoms with van der Waals surface area (Å²) < 4.78 is 39.8. The summed E-state index contributed by atoms with van der Waals surface area (Å²) in [6.45, 7) is 2.32. The smallest absolute Gasteiger partial charge is 0.262 e. The van der Waals surface area contributed by atoms with Gasteiger partial charge in [0, 0.05) is 23.4 Å². The molecule has 0 fully saturated rings. The second-order valence-corrected chi connectivity index (χ2v) is 7.33. The molecule has 0 spiro atoms. The average Bonchev–Trinajstić information content (AvgIpc) is 3.37. The number of nitrogens with zero attached hydrogens (tertiary/aromatic N) is 3. The van der Waals surface area contributed by atoms with Crippen molar-refractivity contribution in [2.75, 3.05) is 5.32 Å². The molecule has 0 aliphatic heterocycles. The van der Waals surface area contributed by atoms with Crippen LogP contribution in [0.2, 0.25) is 5.02 Å². The van der Waals surface area contributed by atoms with Crippen LogP contribution in [-0.4, -0.2) is 20.8 Å². The third kappa shape index (κ3) is 4.94. The fourth-order valence-corrected chi connectivity index (χ4v) is 3.17. The molecule has 0 atom stereocenters. The third-order valence-electron chi connectivity index (χ3n) is 4.49. The van der Waals surface area contributed by atoms with Gasteiger partial charge in [0.05, 0.1) is 6.54 Å². The SMILES string of the molecule is Cc1cc(COc2ccc(Cl)c(Cn3ccc(NC(=O)c4c(F)cccc4F)n3)c2)no1. The summed E-state index contributed by atoms with van der Waals surface area (Å²) >= 11 is 6.30. The molecule has 1 amide bonds. The first-order valence-electron chi connectivity index (χ1n) is 9.51. The van der Waals surface area contributed by atoms with Crippen molar-refractivity contribution >= 4 is 23.3 Å². The largest absolute Gasteiger partial charge is 0.487 e. The summed E-state index contributed by atoms with van der Waals surface area (Å²) in [5.41, 5.74) is 0.719. The summed E-state index contributed by atoms with van der Waals surface area (Å²) in [5.74, 6) is -1.41. The predicted octanol–water partition coefficient (Wildman–Crippen LogP) is 4.99. The zero-order valence-electron chi connectivity index (χ0n) is 16.8. The van der Waals surface area contributed by atoms with E-state index >= 15 is 0 Å². The van der Waals surface area contributed by atoms with Gasteiger partial charge >= 0.3 is 0 Å². The molecule has 4 rings (SSSR count). The minimum atomic E-state index is -0.952. The molecule has 10 heteroatoms. The molecule has 32 heavy (non-hydrogen) atoms. The van der Waals surface area contributed by atoms with Crippen molar-refractivity contribution in [3.05, 3.63) is 94.0 Å². The summed E-state index contributed by atoms with van der Waals surface area (Å²) in [6, 6.07) is 11.7. The number of rotatable bonds is 7. The van der Waals surface area contributed by atoms with E-state index in [4.69, 9.17) is 20.9 Å². The van der Waals surface area contributed by atoms with Crippen LogP contribution in [0.5, 0.6) is 5.75 Å². The van der Waals surface area contributed by atoms with Crippen LogP contribution < -0.4 is 10.1 Å². The standard InChI is InChI=1S/C22H17ClF2N4O3/c1-13-9-15(28-32-13)12-31-16-5-6-17(23)14(10-16)11-29-8-7-20(27-29)26-22(30)21-18(24)3-2-4-19(21)25/h2-10H,11-12H2,1H3,(H,26,27,30). The highest BCUT2D eigenvalue weighted by Gasteiger charge is 2.18. The maximum atomic E-state index is 13.8. The van der Waals surface area contributed by atoms with Gasteiger partial charge in [0.15, 0.2) is 5.82 Å². The van der Waals surface area contributed by atoms with Crippen LogP contribution in [-0.2, 0) is 13.2 Å². The number of amides is 1.